The maximum Gasteiger partial charge on any atom is 0.240 e. The predicted molar refractivity (Wildman–Crippen MR) is 86.6 cm³/mol. The van der Waals surface area contributed by atoms with Gasteiger partial charge in [-0.05, 0) is 35.9 Å². The maximum absolute atomic E-state index is 12.3. The van der Waals surface area contributed by atoms with Crippen molar-refractivity contribution < 1.29 is 8.42 Å². The highest BCUT2D eigenvalue weighted by molar-refractivity contribution is 7.89. The van der Waals surface area contributed by atoms with Crippen LogP contribution in [0.15, 0.2) is 47.6 Å². The van der Waals surface area contributed by atoms with Crippen LogP contribution in [0.3, 0.4) is 0 Å². The molecular formula is C14H11Cl2N3O2S. The first-order chi connectivity index (χ1) is 10.5. The largest absolute Gasteiger partial charge is 0.346 e. The summed E-state index contributed by atoms with van der Waals surface area (Å²) in [5.74, 6) is 0. The Bertz CT molecular complexity index is 918. The van der Waals surface area contributed by atoms with Gasteiger partial charge < -0.3 is 4.98 Å². The van der Waals surface area contributed by atoms with Gasteiger partial charge >= 0.3 is 0 Å². The summed E-state index contributed by atoms with van der Waals surface area (Å²) in [5, 5.41) is 1.41. The molecule has 0 saturated carbocycles. The minimum Gasteiger partial charge on any atom is -0.346 e. The lowest BCUT2D eigenvalue weighted by atomic mass is 10.2. The standard InChI is InChI=1S/C14H11Cl2N3O2S/c15-10-4-11(16)6-12(5-10)22(20,21)19-8-9-7-18-14-13(9)2-1-3-17-14/h1-7,19H,8H2,(H,17,18). The molecule has 114 valence electrons. The Morgan fingerprint density at radius 1 is 1.18 bits per heavy atom. The third-order valence-corrected chi connectivity index (χ3v) is 4.95. The van der Waals surface area contributed by atoms with Gasteiger partial charge in [-0.2, -0.15) is 0 Å². The van der Waals surface area contributed by atoms with E-state index in [0.29, 0.717) is 5.65 Å². The van der Waals surface area contributed by atoms with Gasteiger partial charge in [-0.3, -0.25) is 0 Å². The first-order valence-electron chi connectivity index (χ1n) is 6.32. The third-order valence-electron chi connectivity index (χ3n) is 3.14. The molecule has 2 N–H and O–H groups in total. The molecule has 3 aromatic rings. The van der Waals surface area contributed by atoms with Crippen molar-refractivity contribution in [1.29, 1.82) is 0 Å². The lowest BCUT2D eigenvalue weighted by molar-refractivity contribution is 0.581. The van der Waals surface area contributed by atoms with E-state index in [1.807, 2.05) is 6.07 Å². The van der Waals surface area contributed by atoms with E-state index < -0.39 is 10.0 Å². The van der Waals surface area contributed by atoms with Crippen molar-refractivity contribution in [2.45, 2.75) is 11.4 Å². The number of benzene rings is 1. The molecular weight excluding hydrogens is 345 g/mol. The van der Waals surface area contributed by atoms with Crippen molar-refractivity contribution in [3.8, 4) is 0 Å². The third kappa shape index (κ3) is 3.10. The molecule has 22 heavy (non-hydrogen) atoms. The van der Waals surface area contributed by atoms with Crippen LogP contribution in [0.5, 0.6) is 0 Å². The average molecular weight is 356 g/mol. The molecule has 0 fully saturated rings. The molecule has 2 aromatic heterocycles. The number of aromatic nitrogens is 2. The summed E-state index contributed by atoms with van der Waals surface area (Å²) in [7, 11) is -3.70. The zero-order valence-electron chi connectivity index (χ0n) is 11.2. The van der Waals surface area contributed by atoms with Crippen molar-refractivity contribution >= 4 is 44.3 Å². The summed E-state index contributed by atoms with van der Waals surface area (Å²) in [6, 6.07) is 7.86. The van der Waals surface area contributed by atoms with Crippen molar-refractivity contribution in [1.82, 2.24) is 14.7 Å². The molecule has 2 heterocycles. The number of rotatable bonds is 4. The molecule has 0 bridgehead atoms. The second-order valence-electron chi connectivity index (χ2n) is 4.64. The van der Waals surface area contributed by atoms with E-state index >= 15 is 0 Å². The smallest absolute Gasteiger partial charge is 0.240 e. The van der Waals surface area contributed by atoms with Crippen LogP contribution < -0.4 is 4.72 Å². The Labute approximate surface area is 137 Å². The number of sulfonamides is 1. The van der Waals surface area contributed by atoms with Gasteiger partial charge in [0.05, 0.1) is 4.90 Å². The topological polar surface area (TPSA) is 74.8 Å². The van der Waals surface area contributed by atoms with Crippen molar-refractivity contribution in [3.05, 3.63) is 58.3 Å². The van der Waals surface area contributed by atoms with Gasteiger partial charge in [0.15, 0.2) is 0 Å². The van der Waals surface area contributed by atoms with Gasteiger partial charge in [0, 0.05) is 34.4 Å². The second kappa shape index (κ2) is 5.89. The second-order valence-corrected chi connectivity index (χ2v) is 7.28. The average Bonchev–Trinajstić information content (AvgIpc) is 2.87. The molecule has 0 saturated heterocycles. The van der Waals surface area contributed by atoms with Crippen LogP contribution in [0.1, 0.15) is 5.56 Å². The van der Waals surface area contributed by atoms with E-state index in [0.717, 1.165) is 10.9 Å². The summed E-state index contributed by atoms with van der Waals surface area (Å²) in [6.07, 6.45) is 3.39. The molecule has 5 nitrogen and oxygen atoms in total. The first kappa shape index (κ1) is 15.3. The molecule has 0 amide bonds. The van der Waals surface area contributed by atoms with Gasteiger partial charge in [0.25, 0.3) is 0 Å². The number of hydrogen-bond acceptors (Lipinski definition) is 3. The minimum atomic E-state index is -3.70. The van der Waals surface area contributed by atoms with Gasteiger partial charge in [-0.15, -0.1) is 0 Å². The molecule has 0 unspecified atom stereocenters. The molecule has 1 aromatic carbocycles. The number of fused-ring (bicyclic) bond motifs is 1. The van der Waals surface area contributed by atoms with Crippen LogP contribution in [0.25, 0.3) is 11.0 Å². The van der Waals surface area contributed by atoms with E-state index in [9.17, 15) is 8.42 Å². The van der Waals surface area contributed by atoms with Crippen LogP contribution in [0.2, 0.25) is 10.0 Å². The summed E-state index contributed by atoms with van der Waals surface area (Å²) in [5.41, 5.74) is 1.52. The Hall–Kier alpha value is -1.60. The minimum absolute atomic E-state index is 0.0305. The summed E-state index contributed by atoms with van der Waals surface area (Å²) >= 11 is 11.7. The van der Waals surface area contributed by atoms with Gasteiger partial charge in [0.2, 0.25) is 10.0 Å². The van der Waals surface area contributed by atoms with Gasteiger partial charge in [-0.25, -0.2) is 18.1 Å². The molecule has 0 radical (unpaired) electrons. The van der Waals surface area contributed by atoms with E-state index in [4.69, 9.17) is 23.2 Å². The van der Waals surface area contributed by atoms with Gasteiger partial charge in [0.1, 0.15) is 5.65 Å². The normalized spacial score (nSPS) is 11.9. The lowest BCUT2D eigenvalue weighted by Gasteiger charge is -2.07. The number of aromatic amines is 1. The fourth-order valence-corrected chi connectivity index (χ4v) is 3.83. The number of hydrogen-bond donors (Lipinski definition) is 2. The Kier molecular flexibility index (Phi) is 4.10. The highest BCUT2D eigenvalue weighted by Gasteiger charge is 2.16. The molecule has 0 aliphatic rings. The number of nitrogens with one attached hydrogen (secondary N) is 2. The Morgan fingerprint density at radius 3 is 2.64 bits per heavy atom. The summed E-state index contributed by atoms with van der Waals surface area (Å²) in [4.78, 5) is 7.18. The van der Waals surface area contributed by atoms with Gasteiger partial charge in [-0.1, -0.05) is 23.2 Å². The zero-order valence-corrected chi connectivity index (χ0v) is 13.5. The van der Waals surface area contributed by atoms with Crippen LogP contribution in [-0.2, 0) is 16.6 Å². The monoisotopic (exact) mass is 355 g/mol. The highest BCUT2D eigenvalue weighted by atomic mass is 35.5. The van der Waals surface area contributed by atoms with E-state index in [-0.39, 0.29) is 21.5 Å². The molecule has 0 atom stereocenters. The fourth-order valence-electron chi connectivity index (χ4n) is 2.10. The van der Waals surface area contributed by atoms with Crippen molar-refractivity contribution in [2.24, 2.45) is 0 Å². The SMILES string of the molecule is O=S(=O)(NCc1c[nH]c2ncccc12)c1cc(Cl)cc(Cl)c1. The first-order valence-corrected chi connectivity index (χ1v) is 8.56. The highest BCUT2D eigenvalue weighted by Crippen LogP contribution is 2.23. The Morgan fingerprint density at radius 2 is 1.91 bits per heavy atom. The summed E-state index contributed by atoms with van der Waals surface area (Å²) in [6.45, 7) is 0.137. The number of nitrogens with zero attached hydrogens (tertiary/aromatic N) is 1. The quantitative estimate of drug-likeness (QED) is 0.753. The van der Waals surface area contributed by atoms with Crippen molar-refractivity contribution in [3.63, 3.8) is 0 Å². The lowest BCUT2D eigenvalue weighted by Crippen LogP contribution is -2.23. The molecule has 3 rings (SSSR count). The van der Waals surface area contributed by atoms with Crippen LogP contribution in [0.4, 0.5) is 0 Å². The fraction of sp³-hybridized carbons (Fsp3) is 0.0714. The van der Waals surface area contributed by atoms with Crippen LogP contribution >= 0.6 is 23.2 Å². The van der Waals surface area contributed by atoms with E-state index in [1.54, 1.807) is 18.5 Å². The molecule has 8 heteroatoms. The molecule has 0 aliphatic carbocycles. The van der Waals surface area contributed by atoms with Crippen molar-refractivity contribution in [2.75, 3.05) is 0 Å². The number of halogens is 2. The summed E-state index contributed by atoms with van der Waals surface area (Å²) < 4.78 is 27.2. The van der Waals surface area contributed by atoms with E-state index in [2.05, 4.69) is 14.7 Å². The number of H-pyrrole nitrogens is 1. The number of pyridine rings is 1. The predicted octanol–water partition coefficient (Wildman–Crippen LogP) is 3.35. The van der Waals surface area contributed by atoms with Crippen LogP contribution in [-0.4, -0.2) is 18.4 Å². The Balaban J connectivity index is 1.86. The molecule has 0 aliphatic heterocycles. The van der Waals surface area contributed by atoms with Crippen LogP contribution in [0, 0.1) is 0 Å². The van der Waals surface area contributed by atoms with E-state index in [1.165, 1.54) is 18.2 Å². The molecule has 0 spiro atoms. The maximum atomic E-state index is 12.3. The zero-order chi connectivity index (χ0) is 15.7.